The highest BCUT2D eigenvalue weighted by Gasteiger charge is 2.28. The molecule has 2 N–H and O–H groups in total. The van der Waals surface area contributed by atoms with Gasteiger partial charge in [-0.05, 0) is 31.4 Å². The summed E-state index contributed by atoms with van der Waals surface area (Å²) in [6, 6.07) is 9.27. The van der Waals surface area contributed by atoms with Gasteiger partial charge in [-0.25, -0.2) is 4.79 Å². The van der Waals surface area contributed by atoms with Crippen LogP contribution in [0.25, 0.3) is 0 Å². The number of rotatable bonds is 5. The zero-order valence-electron chi connectivity index (χ0n) is 13.2. The molecular formula is C17H25N3O2. The van der Waals surface area contributed by atoms with Crippen LogP contribution in [0.1, 0.15) is 32.6 Å². The van der Waals surface area contributed by atoms with Gasteiger partial charge in [0.25, 0.3) is 0 Å². The van der Waals surface area contributed by atoms with E-state index in [4.69, 9.17) is 0 Å². The van der Waals surface area contributed by atoms with E-state index in [1.807, 2.05) is 30.3 Å². The van der Waals surface area contributed by atoms with Crippen LogP contribution >= 0.6 is 0 Å². The molecular weight excluding hydrogens is 278 g/mol. The lowest BCUT2D eigenvalue weighted by atomic mass is 9.97. The molecule has 1 aromatic carbocycles. The largest absolute Gasteiger partial charge is 0.356 e. The summed E-state index contributed by atoms with van der Waals surface area (Å²) >= 11 is 0. The molecule has 1 aromatic rings. The number of piperidine rings is 1. The number of amides is 3. The minimum absolute atomic E-state index is 0.0747. The van der Waals surface area contributed by atoms with E-state index in [0.29, 0.717) is 13.1 Å². The molecule has 1 heterocycles. The maximum atomic E-state index is 12.3. The first kappa shape index (κ1) is 16.3. The SMILES string of the molecule is CCCCNC(=O)C1CCCN(C(=O)Nc2ccccc2)C1. The molecule has 120 valence electrons. The van der Waals surface area contributed by atoms with E-state index in [1.54, 1.807) is 4.90 Å². The van der Waals surface area contributed by atoms with Crippen molar-refractivity contribution in [3.63, 3.8) is 0 Å². The van der Waals surface area contributed by atoms with Crippen LogP contribution in [0.5, 0.6) is 0 Å². The maximum Gasteiger partial charge on any atom is 0.321 e. The quantitative estimate of drug-likeness (QED) is 0.822. The summed E-state index contributed by atoms with van der Waals surface area (Å²) in [5.41, 5.74) is 0.780. The third kappa shape index (κ3) is 4.76. The van der Waals surface area contributed by atoms with Crippen LogP contribution in [0, 0.1) is 5.92 Å². The van der Waals surface area contributed by atoms with Crippen molar-refractivity contribution in [2.75, 3.05) is 25.0 Å². The Balaban J connectivity index is 1.84. The van der Waals surface area contributed by atoms with Crippen molar-refractivity contribution in [2.45, 2.75) is 32.6 Å². The van der Waals surface area contributed by atoms with Crippen LogP contribution in [0.4, 0.5) is 10.5 Å². The number of urea groups is 1. The molecule has 0 aromatic heterocycles. The van der Waals surface area contributed by atoms with Crippen molar-refractivity contribution >= 4 is 17.6 Å². The number of nitrogens with zero attached hydrogens (tertiary/aromatic N) is 1. The molecule has 5 nitrogen and oxygen atoms in total. The fourth-order valence-electron chi connectivity index (χ4n) is 2.63. The summed E-state index contributed by atoms with van der Waals surface area (Å²) in [6.45, 7) is 4.03. The Hall–Kier alpha value is -2.04. The first-order valence-corrected chi connectivity index (χ1v) is 8.09. The van der Waals surface area contributed by atoms with E-state index in [1.165, 1.54) is 0 Å². The Morgan fingerprint density at radius 2 is 2.05 bits per heavy atom. The number of benzene rings is 1. The number of para-hydroxylation sites is 1. The molecule has 0 aliphatic carbocycles. The van der Waals surface area contributed by atoms with Crippen molar-refractivity contribution in [1.29, 1.82) is 0 Å². The van der Waals surface area contributed by atoms with Crippen LogP contribution in [0.3, 0.4) is 0 Å². The lowest BCUT2D eigenvalue weighted by Gasteiger charge is -2.32. The lowest BCUT2D eigenvalue weighted by Crippen LogP contribution is -2.47. The standard InChI is InChI=1S/C17H25N3O2/c1-2-3-11-18-16(21)14-8-7-12-20(13-14)17(22)19-15-9-5-4-6-10-15/h4-6,9-10,14H,2-3,7-8,11-13H2,1H3,(H,18,21)(H,19,22). The zero-order chi connectivity index (χ0) is 15.8. The molecule has 1 atom stereocenters. The van der Waals surface area contributed by atoms with E-state index in [2.05, 4.69) is 17.6 Å². The summed E-state index contributed by atoms with van der Waals surface area (Å²) in [4.78, 5) is 26.1. The van der Waals surface area contributed by atoms with E-state index in [9.17, 15) is 9.59 Å². The minimum atomic E-state index is -0.128. The van der Waals surface area contributed by atoms with Crippen molar-refractivity contribution in [1.82, 2.24) is 10.2 Å². The molecule has 0 saturated carbocycles. The lowest BCUT2D eigenvalue weighted by molar-refractivity contribution is -0.126. The molecule has 0 bridgehead atoms. The van der Waals surface area contributed by atoms with E-state index in [0.717, 1.165) is 37.9 Å². The highest BCUT2D eigenvalue weighted by atomic mass is 16.2. The topological polar surface area (TPSA) is 61.4 Å². The molecule has 3 amide bonds. The molecule has 2 rings (SSSR count). The molecule has 22 heavy (non-hydrogen) atoms. The second-order valence-electron chi connectivity index (χ2n) is 5.73. The number of likely N-dealkylation sites (tertiary alicyclic amines) is 1. The predicted molar refractivity (Wildman–Crippen MR) is 87.7 cm³/mol. The second-order valence-corrected chi connectivity index (χ2v) is 5.73. The van der Waals surface area contributed by atoms with Gasteiger partial charge in [0, 0.05) is 25.3 Å². The highest BCUT2D eigenvalue weighted by Crippen LogP contribution is 2.18. The van der Waals surface area contributed by atoms with Gasteiger partial charge in [0.15, 0.2) is 0 Å². The van der Waals surface area contributed by atoms with Gasteiger partial charge in [-0.1, -0.05) is 31.5 Å². The summed E-state index contributed by atoms with van der Waals surface area (Å²) in [5, 5.41) is 5.84. The Labute approximate surface area is 132 Å². The Morgan fingerprint density at radius 3 is 2.77 bits per heavy atom. The fourth-order valence-corrected chi connectivity index (χ4v) is 2.63. The van der Waals surface area contributed by atoms with E-state index < -0.39 is 0 Å². The number of carbonyl (C=O) groups excluding carboxylic acids is 2. The van der Waals surface area contributed by atoms with Crippen molar-refractivity contribution in [3.8, 4) is 0 Å². The molecule has 1 unspecified atom stereocenters. The zero-order valence-corrected chi connectivity index (χ0v) is 13.2. The van der Waals surface area contributed by atoms with Crippen LogP contribution in [-0.2, 0) is 4.79 Å². The monoisotopic (exact) mass is 303 g/mol. The van der Waals surface area contributed by atoms with Gasteiger partial charge in [-0.3, -0.25) is 4.79 Å². The maximum absolute atomic E-state index is 12.3. The van der Waals surface area contributed by atoms with Crippen LogP contribution in [0.2, 0.25) is 0 Å². The van der Waals surface area contributed by atoms with Crippen LogP contribution in [-0.4, -0.2) is 36.5 Å². The molecule has 1 saturated heterocycles. The summed E-state index contributed by atoms with van der Waals surface area (Å²) in [6.07, 6.45) is 3.79. The number of hydrogen-bond donors (Lipinski definition) is 2. The average Bonchev–Trinajstić information content (AvgIpc) is 2.56. The van der Waals surface area contributed by atoms with Gasteiger partial charge < -0.3 is 15.5 Å². The van der Waals surface area contributed by atoms with Crippen molar-refractivity contribution in [3.05, 3.63) is 30.3 Å². The predicted octanol–water partition coefficient (Wildman–Crippen LogP) is 2.85. The molecule has 1 aliphatic rings. The van der Waals surface area contributed by atoms with Crippen molar-refractivity contribution in [2.24, 2.45) is 5.92 Å². The second kappa shape index (κ2) is 8.41. The number of unbranched alkanes of at least 4 members (excludes halogenated alkanes) is 1. The third-order valence-electron chi connectivity index (χ3n) is 3.93. The highest BCUT2D eigenvalue weighted by molar-refractivity contribution is 5.90. The van der Waals surface area contributed by atoms with Crippen LogP contribution < -0.4 is 10.6 Å². The van der Waals surface area contributed by atoms with Gasteiger partial charge >= 0.3 is 6.03 Å². The number of nitrogens with one attached hydrogen (secondary N) is 2. The molecule has 1 fully saturated rings. The molecule has 5 heteroatoms. The molecule has 0 radical (unpaired) electrons. The summed E-state index contributed by atoms with van der Waals surface area (Å²) < 4.78 is 0. The number of hydrogen-bond acceptors (Lipinski definition) is 2. The summed E-state index contributed by atoms with van der Waals surface area (Å²) in [5.74, 6) is -0.0159. The molecule has 1 aliphatic heterocycles. The first-order chi connectivity index (χ1) is 10.7. The Kier molecular flexibility index (Phi) is 6.25. The van der Waals surface area contributed by atoms with Gasteiger partial charge in [-0.2, -0.15) is 0 Å². The molecule has 0 spiro atoms. The van der Waals surface area contributed by atoms with Gasteiger partial charge in [-0.15, -0.1) is 0 Å². The fraction of sp³-hybridized carbons (Fsp3) is 0.529. The van der Waals surface area contributed by atoms with Gasteiger partial charge in [0.1, 0.15) is 0 Å². The number of anilines is 1. The number of carbonyl (C=O) groups is 2. The Bertz CT molecular complexity index is 490. The normalized spacial score (nSPS) is 17.9. The summed E-state index contributed by atoms with van der Waals surface area (Å²) in [7, 11) is 0. The van der Waals surface area contributed by atoms with Gasteiger partial charge in [0.2, 0.25) is 5.91 Å². The smallest absolute Gasteiger partial charge is 0.321 e. The van der Waals surface area contributed by atoms with E-state index in [-0.39, 0.29) is 17.9 Å². The average molecular weight is 303 g/mol. The Morgan fingerprint density at radius 1 is 1.27 bits per heavy atom. The van der Waals surface area contributed by atoms with E-state index >= 15 is 0 Å². The van der Waals surface area contributed by atoms with Gasteiger partial charge in [0.05, 0.1) is 5.92 Å². The first-order valence-electron chi connectivity index (χ1n) is 8.09. The minimum Gasteiger partial charge on any atom is -0.356 e. The third-order valence-corrected chi connectivity index (χ3v) is 3.93. The van der Waals surface area contributed by atoms with Crippen molar-refractivity contribution < 1.29 is 9.59 Å². The van der Waals surface area contributed by atoms with Crippen LogP contribution in [0.15, 0.2) is 30.3 Å².